The maximum atomic E-state index is 4.89. The van der Waals surface area contributed by atoms with Crippen LogP contribution in [0.2, 0.25) is 0 Å². The summed E-state index contributed by atoms with van der Waals surface area (Å²) in [5.74, 6) is 0. The van der Waals surface area contributed by atoms with Crippen molar-refractivity contribution in [3.05, 3.63) is 200 Å². The first-order valence-electron chi connectivity index (χ1n) is 17.9. The summed E-state index contributed by atoms with van der Waals surface area (Å²) < 4.78 is 3.59. The van der Waals surface area contributed by atoms with Crippen LogP contribution in [-0.4, -0.2) is 9.55 Å². The molecule has 250 valence electrons. The molecule has 0 aliphatic heterocycles. The average molecular weight is 696 g/mol. The van der Waals surface area contributed by atoms with E-state index >= 15 is 0 Å². The van der Waals surface area contributed by atoms with E-state index in [9.17, 15) is 0 Å². The van der Waals surface area contributed by atoms with Crippen LogP contribution in [0.5, 0.6) is 0 Å². The molecule has 0 saturated heterocycles. The summed E-state index contributed by atoms with van der Waals surface area (Å²) in [6.45, 7) is 0. The van der Waals surface area contributed by atoms with E-state index in [0.717, 1.165) is 50.0 Å². The summed E-state index contributed by atoms with van der Waals surface area (Å²) in [5, 5.41) is 3.52. The Morgan fingerprint density at radius 3 is 1.79 bits per heavy atom. The highest BCUT2D eigenvalue weighted by Crippen LogP contribution is 2.41. The van der Waals surface area contributed by atoms with Crippen LogP contribution in [0.4, 0.5) is 17.1 Å². The maximum absolute atomic E-state index is 4.89. The Morgan fingerprint density at radius 2 is 0.981 bits per heavy atom. The van der Waals surface area contributed by atoms with E-state index in [1.54, 1.807) is 11.3 Å². The highest BCUT2D eigenvalue weighted by atomic mass is 32.1. The third-order valence-corrected chi connectivity index (χ3v) is 11.1. The van der Waals surface area contributed by atoms with E-state index in [-0.39, 0.29) is 0 Å². The van der Waals surface area contributed by atoms with Crippen LogP contribution >= 0.6 is 11.3 Å². The maximum Gasteiger partial charge on any atom is 0.124 e. The first kappa shape index (κ1) is 31.0. The molecule has 0 fully saturated rings. The average Bonchev–Trinajstić information content (AvgIpc) is 3.82. The van der Waals surface area contributed by atoms with Crippen molar-refractivity contribution in [2.45, 2.75) is 0 Å². The predicted molar refractivity (Wildman–Crippen MR) is 225 cm³/mol. The Hall–Kier alpha value is -6.75. The van der Waals surface area contributed by atoms with Crippen molar-refractivity contribution in [3.63, 3.8) is 0 Å². The zero-order valence-electron chi connectivity index (χ0n) is 28.8. The van der Waals surface area contributed by atoms with Crippen molar-refractivity contribution in [1.29, 1.82) is 0 Å². The van der Waals surface area contributed by atoms with Crippen LogP contribution in [0.25, 0.3) is 70.5 Å². The summed E-state index contributed by atoms with van der Waals surface area (Å²) in [4.78, 5) is 7.26. The van der Waals surface area contributed by atoms with E-state index < -0.39 is 0 Å². The van der Waals surface area contributed by atoms with E-state index in [1.165, 1.54) is 37.6 Å². The van der Waals surface area contributed by atoms with Gasteiger partial charge in [0.25, 0.3) is 0 Å². The molecule has 53 heavy (non-hydrogen) atoms. The second-order valence-electron chi connectivity index (χ2n) is 13.3. The molecule has 10 rings (SSSR count). The van der Waals surface area contributed by atoms with E-state index in [1.807, 2.05) is 6.07 Å². The monoisotopic (exact) mass is 695 g/mol. The van der Waals surface area contributed by atoms with Gasteiger partial charge >= 0.3 is 0 Å². The third-order valence-electron chi connectivity index (χ3n) is 10.0. The van der Waals surface area contributed by atoms with Gasteiger partial charge in [0.2, 0.25) is 0 Å². The van der Waals surface area contributed by atoms with Gasteiger partial charge in [-0.25, -0.2) is 4.98 Å². The summed E-state index contributed by atoms with van der Waals surface area (Å²) >= 11 is 1.73. The lowest BCUT2D eigenvalue weighted by Gasteiger charge is -2.26. The normalized spacial score (nSPS) is 11.4. The Labute approximate surface area is 312 Å². The topological polar surface area (TPSA) is 21.1 Å². The van der Waals surface area contributed by atoms with Gasteiger partial charge in [-0.3, -0.25) is 0 Å². The van der Waals surface area contributed by atoms with Crippen LogP contribution in [0.1, 0.15) is 0 Å². The summed E-state index contributed by atoms with van der Waals surface area (Å²) in [6.07, 6.45) is 0. The number of fused-ring (bicyclic) bond motifs is 4. The minimum Gasteiger partial charge on any atom is -0.310 e. The molecule has 0 saturated carbocycles. The fraction of sp³-hybridized carbons (Fsp3) is 0. The van der Waals surface area contributed by atoms with Crippen molar-refractivity contribution in [2.24, 2.45) is 0 Å². The van der Waals surface area contributed by atoms with Crippen molar-refractivity contribution >= 4 is 60.4 Å². The van der Waals surface area contributed by atoms with Gasteiger partial charge in [-0.15, -0.1) is 11.3 Å². The van der Waals surface area contributed by atoms with Crippen LogP contribution in [-0.2, 0) is 0 Å². The van der Waals surface area contributed by atoms with Gasteiger partial charge in [-0.05, 0) is 89.0 Å². The number of benzene rings is 8. The molecule has 0 amide bonds. The first-order chi connectivity index (χ1) is 26.3. The molecule has 0 aliphatic rings. The van der Waals surface area contributed by atoms with Crippen LogP contribution < -0.4 is 4.90 Å². The van der Waals surface area contributed by atoms with Gasteiger partial charge in [0.1, 0.15) is 5.01 Å². The molecule has 0 atom stereocenters. The van der Waals surface area contributed by atoms with Crippen LogP contribution in [0.15, 0.2) is 200 Å². The molecule has 0 N–H and O–H groups in total. The fourth-order valence-electron chi connectivity index (χ4n) is 7.46. The van der Waals surface area contributed by atoms with Gasteiger partial charge < -0.3 is 9.47 Å². The highest BCUT2D eigenvalue weighted by molar-refractivity contribution is 7.21. The van der Waals surface area contributed by atoms with E-state index in [2.05, 4.69) is 204 Å². The molecule has 2 aromatic heterocycles. The lowest BCUT2D eigenvalue weighted by molar-refractivity contribution is 1.18. The largest absolute Gasteiger partial charge is 0.310 e. The van der Waals surface area contributed by atoms with Crippen LogP contribution in [0, 0.1) is 0 Å². The van der Waals surface area contributed by atoms with Gasteiger partial charge in [-0.1, -0.05) is 133 Å². The second kappa shape index (κ2) is 13.1. The van der Waals surface area contributed by atoms with E-state index in [4.69, 9.17) is 4.98 Å². The number of nitrogens with zero attached hydrogens (tertiary/aromatic N) is 3. The van der Waals surface area contributed by atoms with Crippen LogP contribution in [0.3, 0.4) is 0 Å². The molecule has 0 radical (unpaired) electrons. The molecular formula is C49H33N3S. The van der Waals surface area contributed by atoms with Crippen molar-refractivity contribution < 1.29 is 0 Å². The summed E-state index contributed by atoms with van der Waals surface area (Å²) in [7, 11) is 0. The quantitative estimate of drug-likeness (QED) is 0.165. The van der Waals surface area contributed by atoms with E-state index in [0.29, 0.717) is 0 Å². The molecule has 0 aliphatic carbocycles. The molecule has 0 spiro atoms. The van der Waals surface area contributed by atoms with Gasteiger partial charge in [-0.2, -0.15) is 0 Å². The van der Waals surface area contributed by atoms with Gasteiger partial charge in [0.05, 0.1) is 21.3 Å². The lowest BCUT2D eigenvalue weighted by atomic mass is 10.0. The molecule has 0 bridgehead atoms. The minimum atomic E-state index is 1.04. The number of aromatic nitrogens is 2. The standard InChI is InChI=1S/C49H33N3S/c1-3-12-34(13-4-1)35-26-28-40(29-27-35)51(42-30-31-44-43-18-7-9-20-46(43)52(47(44)33-42)39-15-5-2-6-16-39)41-17-11-14-38(32-41)36-22-24-37(25-23-36)49-50-45-19-8-10-21-48(45)53-49/h1-33H. The fourth-order valence-corrected chi connectivity index (χ4v) is 8.43. The Balaban J connectivity index is 1.10. The predicted octanol–water partition coefficient (Wildman–Crippen LogP) is 13.9. The first-order valence-corrected chi connectivity index (χ1v) is 18.7. The number of hydrogen-bond acceptors (Lipinski definition) is 3. The lowest BCUT2D eigenvalue weighted by Crippen LogP contribution is -2.10. The summed E-state index contributed by atoms with van der Waals surface area (Å²) in [6, 6.07) is 71.7. The second-order valence-corrected chi connectivity index (χ2v) is 14.3. The van der Waals surface area contributed by atoms with Crippen molar-refractivity contribution in [2.75, 3.05) is 4.90 Å². The molecule has 4 heteroatoms. The Kier molecular flexibility index (Phi) is 7.67. The smallest absolute Gasteiger partial charge is 0.124 e. The zero-order chi connectivity index (χ0) is 35.1. The number of hydrogen-bond donors (Lipinski definition) is 0. The number of thiazole rings is 1. The summed E-state index contributed by atoms with van der Waals surface area (Å²) in [5.41, 5.74) is 13.7. The van der Waals surface area contributed by atoms with Gasteiger partial charge in [0.15, 0.2) is 0 Å². The molecular weight excluding hydrogens is 663 g/mol. The zero-order valence-corrected chi connectivity index (χ0v) is 29.6. The number of rotatable bonds is 7. The SMILES string of the molecule is c1ccc(-c2ccc(N(c3cccc(-c4ccc(-c5nc6ccccc6s5)cc4)c3)c3ccc4c5ccccc5n(-c5ccccc5)c4c3)cc2)cc1. The molecule has 8 aromatic carbocycles. The number of para-hydroxylation sites is 3. The highest BCUT2D eigenvalue weighted by Gasteiger charge is 2.18. The Bertz CT molecular complexity index is 2840. The molecule has 10 aromatic rings. The number of anilines is 3. The molecule has 3 nitrogen and oxygen atoms in total. The molecule has 0 unspecified atom stereocenters. The third kappa shape index (κ3) is 5.66. The van der Waals surface area contributed by atoms with Crippen molar-refractivity contribution in [1.82, 2.24) is 9.55 Å². The minimum absolute atomic E-state index is 1.04. The van der Waals surface area contributed by atoms with Gasteiger partial charge in [0, 0.05) is 39.1 Å². The Morgan fingerprint density at radius 1 is 0.396 bits per heavy atom. The van der Waals surface area contributed by atoms with Crippen molar-refractivity contribution in [3.8, 4) is 38.5 Å². The molecule has 2 heterocycles.